The molecule has 4 heterocycles. The number of carboxylic acid groups (broad SMARTS) is 1. The molecule has 0 saturated carbocycles. The SMILES string of the molecule is CC(=O)c1ncn2c(C)c(C3=C(C(=O)[O-])N4C(=O)[C@H]([C@@H](C)O)[C@H]4[C@H]3C)sc12.[Na+]. The fraction of sp³-hybridized carbons (Fsp3) is 0.444. The summed E-state index contributed by atoms with van der Waals surface area (Å²) in [6.07, 6.45) is 0.677. The van der Waals surface area contributed by atoms with Crippen LogP contribution in [-0.2, 0) is 9.59 Å². The number of hydrogen-bond donors (Lipinski definition) is 1. The first-order valence-corrected chi connectivity index (χ1v) is 9.42. The summed E-state index contributed by atoms with van der Waals surface area (Å²) >= 11 is 1.28. The molecule has 4 rings (SSSR count). The number of hydrogen-bond acceptors (Lipinski definition) is 7. The summed E-state index contributed by atoms with van der Waals surface area (Å²) in [6.45, 7) is 6.64. The molecule has 0 spiro atoms. The van der Waals surface area contributed by atoms with Crippen molar-refractivity contribution < 1.29 is 54.2 Å². The van der Waals surface area contributed by atoms with Crippen molar-refractivity contribution in [3.8, 4) is 0 Å². The fourth-order valence-electron chi connectivity index (χ4n) is 4.30. The van der Waals surface area contributed by atoms with Gasteiger partial charge in [0.15, 0.2) is 5.78 Å². The van der Waals surface area contributed by atoms with Crippen molar-refractivity contribution >= 4 is 39.4 Å². The van der Waals surface area contributed by atoms with Crippen molar-refractivity contribution in [3.63, 3.8) is 0 Å². The van der Waals surface area contributed by atoms with Gasteiger partial charge in [-0.25, -0.2) is 4.98 Å². The number of β-lactam (4-membered cyclic amide) rings is 1. The Morgan fingerprint density at radius 2 is 2.04 bits per heavy atom. The molecule has 2 aliphatic heterocycles. The Hall–Kier alpha value is -1.52. The zero-order valence-electron chi connectivity index (χ0n) is 16.2. The molecule has 28 heavy (non-hydrogen) atoms. The molecule has 0 radical (unpaired) electrons. The minimum absolute atomic E-state index is 0. The smallest absolute Gasteiger partial charge is 0.543 e. The molecule has 142 valence electrons. The van der Waals surface area contributed by atoms with E-state index in [1.54, 1.807) is 10.7 Å². The Labute approximate surface area is 187 Å². The number of Topliss-reactive ketones (excluding diaryl/α,β-unsaturated/α-hetero) is 1. The molecule has 0 unspecified atom stereocenters. The van der Waals surface area contributed by atoms with Gasteiger partial charge < -0.3 is 19.9 Å². The summed E-state index contributed by atoms with van der Waals surface area (Å²) in [5, 5.41) is 21.8. The number of thiazole rings is 1. The Morgan fingerprint density at radius 1 is 1.39 bits per heavy atom. The molecule has 0 aromatic carbocycles. The normalized spacial score (nSPS) is 24.8. The van der Waals surface area contributed by atoms with Gasteiger partial charge in [0.2, 0.25) is 5.91 Å². The van der Waals surface area contributed by atoms with Crippen LogP contribution in [0.4, 0.5) is 0 Å². The van der Waals surface area contributed by atoms with Gasteiger partial charge in [-0.15, -0.1) is 11.3 Å². The van der Waals surface area contributed by atoms with Crippen LogP contribution in [0.5, 0.6) is 0 Å². The van der Waals surface area contributed by atoms with E-state index >= 15 is 0 Å². The monoisotopic (exact) mass is 411 g/mol. The van der Waals surface area contributed by atoms with Gasteiger partial charge in [0, 0.05) is 24.1 Å². The Kier molecular flexibility index (Phi) is 5.35. The number of aromatic nitrogens is 2. The van der Waals surface area contributed by atoms with E-state index < -0.39 is 29.9 Å². The predicted octanol–water partition coefficient (Wildman–Crippen LogP) is -2.77. The molecule has 2 aliphatic rings. The topological polar surface area (TPSA) is 115 Å². The van der Waals surface area contributed by atoms with Gasteiger partial charge in [0.1, 0.15) is 16.9 Å². The number of fused-ring (bicyclic) bond motifs is 2. The third kappa shape index (κ3) is 2.64. The Balaban J connectivity index is 0.00000225. The number of carboxylic acids is 1. The summed E-state index contributed by atoms with van der Waals surface area (Å²) in [6, 6.07) is -0.410. The maximum absolute atomic E-state index is 12.5. The number of nitrogens with zero attached hydrogens (tertiary/aromatic N) is 3. The van der Waals surface area contributed by atoms with Crippen LogP contribution in [0.2, 0.25) is 0 Å². The molecule has 8 nitrogen and oxygen atoms in total. The molecular formula is C18H18N3NaO5S. The second-order valence-electron chi connectivity index (χ2n) is 7.14. The van der Waals surface area contributed by atoms with Crippen LogP contribution in [0.25, 0.3) is 10.4 Å². The van der Waals surface area contributed by atoms with Crippen LogP contribution in [0.3, 0.4) is 0 Å². The molecule has 4 atom stereocenters. The number of aryl methyl sites for hydroxylation is 1. The van der Waals surface area contributed by atoms with Gasteiger partial charge in [-0.05, 0) is 13.8 Å². The van der Waals surface area contributed by atoms with Crippen LogP contribution >= 0.6 is 11.3 Å². The molecule has 1 N–H and O–H groups in total. The first kappa shape index (κ1) is 21.2. The van der Waals surface area contributed by atoms with Crippen molar-refractivity contribution in [2.75, 3.05) is 0 Å². The molecule has 1 amide bonds. The molecule has 0 bridgehead atoms. The van der Waals surface area contributed by atoms with Crippen LogP contribution in [-0.4, -0.2) is 49.2 Å². The van der Waals surface area contributed by atoms with E-state index in [2.05, 4.69) is 4.98 Å². The first-order chi connectivity index (χ1) is 12.7. The molecule has 2 aromatic heterocycles. The van der Waals surface area contributed by atoms with E-state index in [1.165, 1.54) is 30.1 Å². The minimum Gasteiger partial charge on any atom is -0.543 e. The quantitative estimate of drug-likeness (QED) is 0.331. The van der Waals surface area contributed by atoms with E-state index in [0.717, 1.165) is 5.69 Å². The summed E-state index contributed by atoms with van der Waals surface area (Å²) in [4.78, 5) is 42.8. The van der Waals surface area contributed by atoms with Crippen LogP contribution in [0.1, 0.15) is 41.8 Å². The number of imidazole rings is 1. The van der Waals surface area contributed by atoms with E-state index in [0.29, 0.717) is 21.0 Å². The van der Waals surface area contributed by atoms with Crippen molar-refractivity contribution in [2.24, 2.45) is 11.8 Å². The largest absolute Gasteiger partial charge is 1.00 e. The van der Waals surface area contributed by atoms with Gasteiger partial charge in [-0.1, -0.05) is 6.92 Å². The molecular weight excluding hydrogens is 393 g/mol. The van der Waals surface area contributed by atoms with Crippen LogP contribution in [0, 0.1) is 18.8 Å². The third-order valence-corrected chi connectivity index (χ3v) is 6.86. The summed E-state index contributed by atoms with van der Waals surface area (Å²) in [5.41, 5.74) is 1.45. The minimum atomic E-state index is -1.42. The molecule has 1 saturated heterocycles. The number of aliphatic carboxylic acids is 1. The first-order valence-electron chi connectivity index (χ1n) is 8.61. The molecule has 1 fully saturated rings. The fourth-order valence-corrected chi connectivity index (χ4v) is 5.71. The number of aliphatic hydroxyl groups excluding tert-OH is 1. The maximum atomic E-state index is 12.5. The predicted molar refractivity (Wildman–Crippen MR) is 94.7 cm³/mol. The van der Waals surface area contributed by atoms with Gasteiger partial charge in [0.05, 0.1) is 34.6 Å². The van der Waals surface area contributed by atoms with Crippen molar-refractivity contribution in [3.05, 3.63) is 28.3 Å². The number of ketones is 1. The van der Waals surface area contributed by atoms with Crippen molar-refractivity contribution in [1.29, 1.82) is 0 Å². The van der Waals surface area contributed by atoms with E-state index in [9.17, 15) is 24.6 Å². The number of aliphatic hydroxyl groups is 1. The summed E-state index contributed by atoms with van der Waals surface area (Å²) in [5.74, 6) is -2.91. The van der Waals surface area contributed by atoms with E-state index in [1.807, 2.05) is 13.8 Å². The third-order valence-electron chi connectivity index (χ3n) is 5.56. The van der Waals surface area contributed by atoms with Gasteiger partial charge in [-0.2, -0.15) is 0 Å². The van der Waals surface area contributed by atoms with Crippen LogP contribution in [0.15, 0.2) is 12.0 Å². The Bertz CT molecular complexity index is 1050. The van der Waals surface area contributed by atoms with Gasteiger partial charge >= 0.3 is 29.6 Å². The van der Waals surface area contributed by atoms with E-state index in [-0.39, 0.29) is 47.0 Å². The van der Waals surface area contributed by atoms with Gasteiger partial charge in [-0.3, -0.25) is 14.0 Å². The number of carbonyl (C=O) groups excluding carboxylic acids is 3. The second kappa shape index (κ2) is 7.07. The standard InChI is InChI=1S/C18H19N3O5S.Na/c1-6-10(14(18(25)26)21-13(6)11(8(3)22)16(21)24)15-7(2)20-5-19-12(9(4)23)17(20)27-15;/h5-6,8,11,13,22H,1-4H3,(H,25,26);/q;+1/p-1/t6-,8+,11+,13+;/m0./s1. The van der Waals surface area contributed by atoms with Crippen molar-refractivity contribution in [2.45, 2.75) is 39.8 Å². The zero-order valence-corrected chi connectivity index (χ0v) is 19.0. The molecule has 0 aliphatic carbocycles. The Morgan fingerprint density at radius 3 is 2.57 bits per heavy atom. The average molecular weight is 411 g/mol. The maximum Gasteiger partial charge on any atom is 1.00 e. The molecule has 2 aromatic rings. The number of carbonyl (C=O) groups is 3. The summed E-state index contributed by atoms with van der Waals surface area (Å²) in [7, 11) is 0. The zero-order chi connectivity index (χ0) is 19.8. The van der Waals surface area contributed by atoms with E-state index in [4.69, 9.17) is 0 Å². The van der Waals surface area contributed by atoms with Crippen LogP contribution < -0.4 is 34.7 Å². The molecule has 10 heteroatoms. The number of rotatable bonds is 4. The average Bonchev–Trinajstić information content (AvgIpc) is 3.18. The second-order valence-corrected chi connectivity index (χ2v) is 8.14. The van der Waals surface area contributed by atoms with Crippen molar-refractivity contribution in [1.82, 2.24) is 14.3 Å². The summed E-state index contributed by atoms with van der Waals surface area (Å²) < 4.78 is 1.76. The van der Waals surface area contributed by atoms with Gasteiger partial charge in [0.25, 0.3) is 0 Å². The number of amides is 1.